The lowest BCUT2D eigenvalue weighted by atomic mass is 9.97. The van der Waals surface area contributed by atoms with E-state index in [1.807, 2.05) is 26.8 Å². The predicted octanol–water partition coefficient (Wildman–Crippen LogP) is 2.38. The van der Waals surface area contributed by atoms with E-state index in [1.54, 1.807) is 0 Å². The highest BCUT2D eigenvalue weighted by atomic mass is 16.1. The number of carbonyl (C=O) groups is 1. The highest BCUT2D eigenvalue weighted by molar-refractivity contribution is 5.77. The van der Waals surface area contributed by atoms with E-state index < -0.39 is 0 Å². The minimum atomic E-state index is 0.0631. The quantitative estimate of drug-likeness (QED) is 0.917. The number of aromatic nitrogens is 1. The number of anilines is 1. The Bertz CT molecular complexity index is 459. The summed E-state index contributed by atoms with van der Waals surface area (Å²) < 4.78 is 0. The van der Waals surface area contributed by atoms with E-state index in [0.29, 0.717) is 5.92 Å². The number of amides is 1. The lowest BCUT2D eigenvalue weighted by molar-refractivity contribution is -0.124. The second kappa shape index (κ2) is 6.73. The summed E-state index contributed by atoms with van der Waals surface area (Å²) in [5, 5.41) is 3.05. The van der Waals surface area contributed by atoms with Gasteiger partial charge in [0.15, 0.2) is 0 Å². The lowest BCUT2D eigenvalue weighted by Crippen LogP contribution is -2.42. The average molecular weight is 275 g/mol. The number of aryl methyl sites for hydroxylation is 1. The van der Waals surface area contributed by atoms with Crippen LogP contribution in [0.25, 0.3) is 0 Å². The number of carbonyl (C=O) groups excluding carboxylic acids is 1. The first-order chi connectivity index (χ1) is 9.56. The molecule has 1 N–H and O–H groups in total. The van der Waals surface area contributed by atoms with Gasteiger partial charge in [-0.3, -0.25) is 4.79 Å². The van der Waals surface area contributed by atoms with E-state index in [1.165, 1.54) is 6.42 Å². The molecular formula is C16H25N3O. The molecule has 1 unspecified atom stereocenters. The van der Waals surface area contributed by atoms with Crippen molar-refractivity contribution in [2.24, 2.45) is 11.8 Å². The SMILES string of the molecule is Cc1cccc(N2CCCC(CNC(=O)C(C)C)C2)n1. The molecule has 0 bridgehead atoms. The molecule has 1 aromatic rings. The Labute approximate surface area is 121 Å². The van der Waals surface area contributed by atoms with E-state index in [4.69, 9.17) is 0 Å². The molecule has 110 valence electrons. The molecule has 0 spiro atoms. The van der Waals surface area contributed by atoms with Crippen LogP contribution in [0.2, 0.25) is 0 Å². The van der Waals surface area contributed by atoms with Gasteiger partial charge in [-0.25, -0.2) is 4.98 Å². The number of piperidine rings is 1. The molecule has 1 atom stereocenters. The van der Waals surface area contributed by atoms with Crippen molar-refractivity contribution >= 4 is 11.7 Å². The van der Waals surface area contributed by atoms with Crippen molar-refractivity contribution in [1.29, 1.82) is 0 Å². The molecule has 20 heavy (non-hydrogen) atoms. The van der Waals surface area contributed by atoms with E-state index in [9.17, 15) is 4.79 Å². The molecule has 4 heteroatoms. The summed E-state index contributed by atoms with van der Waals surface area (Å²) in [4.78, 5) is 18.6. The third kappa shape index (κ3) is 3.95. The first-order valence-electron chi connectivity index (χ1n) is 7.52. The average Bonchev–Trinajstić information content (AvgIpc) is 2.45. The van der Waals surface area contributed by atoms with Crippen molar-refractivity contribution in [2.75, 3.05) is 24.5 Å². The van der Waals surface area contributed by atoms with Gasteiger partial charge in [0.1, 0.15) is 5.82 Å². The Hall–Kier alpha value is -1.58. The molecule has 4 nitrogen and oxygen atoms in total. The molecule has 1 fully saturated rings. The third-order valence-corrected chi connectivity index (χ3v) is 3.81. The van der Waals surface area contributed by atoms with Gasteiger partial charge in [-0.15, -0.1) is 0 Å². The zero-order valence-corrected chi connectivity index (χ0v) is 12.7. The normalized spacial score (nSPS) is 19.2. The molecule has 0 aromatic carbocycles. The van der Waals surface area contributed by atoms with Crippen LogP contribution in [0, 0.1) is 18.8 Å². The monoisotopic (exact) mass is 275 g/mol. The largest absolute Gasteiger partial charge is 0.356 e. The van der Waals surface area contributed by atoms with Crippen LogP contribution in [0.3, 0.4) is 0 Å². The van der Waals surface area contributed by atoms with Crippen LogP contribution in [-0.4, -0.2) is 30.5 Å². The predicted molar refractivity (Wildman–Crippen MR) is 81.8 cm³/mol. The topological polar surface area (TPSA) is 45.2 Å². The number of hydrogen-bond donors (Lipinski definition) is 1. The molecule has 2 heterocycles. The fourth-order valence-corrected chi connectivity index (χ4v) is 2.59. The molecule has 1 saturated heterocycles. The minimum absolute atomic E-state index is 0.0631. The maximum atomic E-state index is 11.6. The summed E-state index contributed by atoms with van der Waals surface area (Å²) in [5.41, 5.74) is 1.05. The number of nitrogens with one attached hydrogen (secondary N) is 1. The Morgan fingerprint density at radius 3 is 3.00 bits per heavy atom. The highest BCUT2D eigenvalue weighted by Gasteiger charge is 2.21. The summed E-state index contributed by atoms with van der Waals surface area (Å²) >= 11 is 0. The zero-order valence-electron chi connectivity index (χ0n) is 12.7. The van der Waals surface area contributed by atoms with E-state index in [0.717, 1.165) is 37.6 Å². The Morgan fingerprint density at radius 2 is 2.30 bits per heavy atom. The van der Waals surface area contributed by atoms with Crippen LogP contribution in [0.5, 0.6) is 0 Å². The smallest absolute Gasteiger partial charge is 0.222 e. The van der Waals surface area contributed by atoms with Crippen molar-refractivity contribution in [2.45, 2.75) is 33.6 Å². The number of rotatable bonds is 4. The Balaban J connectivity index is 1.90. The van der Waals surface area contributed by atoms with Crippen molar-refractivity contribution in [3.63, 3.8) is 0 Å². The molecule has 0 saturated carbocycles. The van der Waals surface area contributed by atoms with Gasteiger partial charge >= 0.3 is 0 Å². The second-order valence-corrected chi connectivity index (χ2v) is 5.99. The number of hydrogen-bond acceptors (Lipinski definition) is 3. The Morgan fingerprint density at radius 1 is 1.50 bits per heavy atom. The molecule has 1 aliphatic rings. The first kappa shape index (κ1) is 14.8. The van der Waals surface area contributed by atoms with Crippen molar-refractivity contribution < 1.29 is 4.79 Å². The van der Waals surface area contributed by atoms with E-state index >= 15 is 0 Å². The standard InChI is InChI=1S/C16H25N3O/c1-12(2)16(20)17-10-14-7-5-9-19(11-14)15-8-4-6-13(3)18-15/h4,6,8,12,14H,5,7,9-11H2,1-3H3,(H,17,20). The fraction of sp³-hybridized carbons (Fsp3) is 0.625. The van der Waals surface area contributed by atoms with Gasteiger partial charge in [-0.2, -0.15) is 0 Å². The lowest BCUT2D eigenvalue weighted by Gasteiger charge is -2.34. The maximum Gasteiger partial charge on any atom is 0.222 e. The molecule has 1 aromatic heterocycles. The minimum Gasteiger partial charge on any atom is -0.356 e. The van der Waals surface area contributed by atoms with Crippen LogP contribution < -0.4 is 10.2 Å². The summed E-state index contributed by atoms with van der Waals surface area (Å²) in [5.74, 6) is 1.79. The van der Waals surface area contributed by atoms with Crippen molar-refractivity contribution in [3.05, 3.63) is 23.9 Å². The molecule has 0 radical (unpaired) electrons. The van der Waals surface area contributed by atoms with Crippen molar-refractivity contribution in [1.82, 2.24) is 10.3 Å². The summed E-state index contributed by atoms with van der Waals surface area (Å²) in [7, 11) is 0. The van der Waals surface area contributed by atoms with Crippen LogP contribution in [0.15, 0.2) is 18.2 Å². The zero-order chi connectivity index (χ0) is 14.5. The van der Waals surface area contributed by atoms with Crippen LogP contribution in [-0.2, 0) is 4.79 Å². The highest BCUT2D eigenvalue weighted by Crippen LogP contribution is 2.21. The van der Waals surface area contributed by atoms with Crippen LogP contribution in [0.1, 0.15) is 32.4 Å². The second-order valence-electron chi connectivity index (χ2n) is 5.99. The van der Waals surface area contributed by atoms with Crippen LogP contribution >= 0.6 is 0 Å². The fourth-order valence-electron chi connectivity index (χ4n) is 2.59. The maximum absolute atomic E-state index is 11.6. The van der Waals surface area contributed by atoms with E-state index in [-0.39, 0.29) is 11.8 Å². The van der Waals surface area contributed by atoms with Gasteiger partial charge in [-0.05, 0) is 37.8 Å². The van der Waals surface area contributed by atoms with Gasteiger partial charge in [0.25, 0.3) is 0 Å². The third-order valence-electron chi connectivity index (χ3n) is 3.81. The number of nitrogens with zero attached hydrogens (tertiary/aromatic N) is 2. The first-order valence-corrected chi connectivity index (χ1v) is 7.52. The summed E-state index contributed by atoms with van der Waals surface area (Å²) in [6, 6.07) is 6.15. The molecule has 0 aliphatic carbocycles. The Kier molecular flexibility index (Phi) is 4.99. The van der Waals surface area contributed by atoms with Gasteiger partial charge in [0.2, 0.25) is 5.91 Å². The van der Waals surface area contributed by atoms with E-state index in [2.05, 4.69) is 27.3 Å². The number of pyridine rings is 1. The molecular weight excluding hydrogens is 250 g/mol. The van der Waals surface area contributed by atoms with Gasteiger partial charge in [-0.1, -0.05) is 19.9 Å². The summed E-state index contributed by atoms with van der Waals surface area (Å²) in [6.45, 7) is 8.70. The van der Waals surface area contributed by atoms with Gasteiger partial charge in [0.05, 0.1) is 0 Å². The summed E-state index contributed by atoms with van der Waals surface area (Å²) in [6.07, 6.45) is 2.35. The molecule has 1 aliphatic heterocycles. The van der Waals surface area contributed by atoms with Gasteiger partial charge < -0.3 is 10.2 Å². The van der Waals surface area contributed by atoms with Crippen LogP contribution in [0.4, 0.5) is 5.82 Å². The molecule has 1 amide bonds. The molecule has 2 rings (SSSR count). The van der Waals surface area contributed by atoms with Crippen molar-refractivity contribution in [3.8, 4) is 0 Å². The van der Waals surface area contributed by atoms with Gasteiger partial charge in [0, 0.05) is 31.2 Å².